The Labute approximate surface area is 123 Å². The van der Waals surface area contributed by atoms with Crippen LogP contribution in [0.3, 0.4) is 0 Å². The van der Waals surface area contributed by atoms with E-state index < -0.39 is 5.97 Å². The number of carboxylic acid groups (broad SMARTS) is 1. The van der Waals surface area contributed by atoms with Crippen molar-refractivity contribution < 1.29 is 19.1 Å². The highest BCUT2D eigenvalue weighted by Crippen LogP contribution is 2.19. The highest BCUT2D eigenvalue weighted by molar-refractivity contribution is 5.86. The van der Waals surface area contributed by atoms with Crippen molar-refractivity contribution in [1.29, 1.82) is 0 Å². The zero-order valence-electron chi connectivity index (χ0n) is 12.3. The lowest BCUT2D eigenvalue weighted by Gasteiger charge is -2.13. The Morgan fingerprint density at radius 1 is 1.38 bits per heavy atom. The third-order valence-corrected chi connectivity index (χ3v) is 3.36. The van der Waals surface area contributed by atoms with E-state index in [2.05, 4.69) is 5.32 Å². The maximum atomic E-state index is 10.9. The maximum absolute atomic E-state index is 10.9. The van der Waals surface area contributed by atoms with Crippen LogP contribution in [-0.2, 0) is 6.54 Å². The van der Waals surface area contributed by atoms with Crippen LogP contribution in [0.4, 0.5) is 0 Å². The molecule has 112 valence electrons. The summed E-state index contributed by atoms with van der Waals surface area (Å²) in [7, 11) is 1.63. The van der Waals surface area contributed by atoms with Crippen LogP contribution in [0, 0.1) is 6.92 Å². The van der Waals surface area contributed by atoms with E-state index in [-0.39, 0.29) is 11.8 Å². The molecule has 2 rings (SSSR count). The molecule has 1 aromatic carbocycles. The van der Waals surface area contributed by atoms with Gasteiger partial charge in [-0.1, -0.05) is 12.1 Å². The SMILES string of the molecule is COc1ccc([C@@H](C)NCc2cc(C)c(C(=O)O)o2)cc1. The molecule has 0 radical (unpaired) electrons. The fourth-order valence-corrected chi connectivity index (χ4v) is 2.11. The number of furan rings is 1. The second kappa shape index (κ2) is 6.45. The van der Waals surface area contributed by atoms with Crippen molar-refractivity contribution in [2.45, 2.75) is 26.4 Å². The first-order valence-electron chi connectivity index (χ1n) is 6.71. The van der Waals surface area contributed by atoms with E-state index >= 15 is 0 Å². The fraction of sp³-hybridized carbons (Fsp3) is 0.312. The lowest BCUT2D eigenvalue weighted by atomic mass is 10.1. The summed E-state index contributed by atoms with van der Waals surface area (Å²) >= 11 is 0. The molecular formula is C16H19NO4. The average molecular weight is 289 g/mol. The van der Waals surface area contributed by atoms with Crippen molar-refractivity contribution in [3.05, 3.63) is 53.0 Å². The number of nitrogens with one attached hydrogen (secondary N) is 1. The van der Waals surface area contributed by atoms with Crippen molar-refractivity contribution in [3.63, 3.8) is 0 Å². The number of aryl methyl sites for hydroxylation is 1. The van der Waals surface area contributed by atoms with Gasteiger partial charge in [-0.3, -0.25) is 0 Å². The summed E-state index contributed by atoms with van der Waals surface area (Å²) in [6, 6.07) is 9.67. The van der Waals surface area contributed by atoms with Crippen molar-refractivity contribution in [1.82, 2.24) is 5.32 Å². The summed E-state index contributed by atoms with van der Waals surface area (Å²) in [4.78, 5) is 10.9. The van der Waals surface area contributed by atoms with Gasteiger partial charge >= 0.3 is 5.97 Å². The first-order valence-corrected chi connectivity index (χ1v) is 6.71. The zero-order chi connectivity index (χ0) is 15.4. The monoisotopic (exact) mass is 289 g/mol. The van der Waals surface area contributed by atoms with Gasteiger partial charge in [-0.25, -0.2) is 4.79 Å². The van der Waals surface area contributed by atoms with Gasteiger partial charge in [-0.15, -0.1) is 0 Å². The fourth-order valence-electron chi connectivity index (χ4n) is 2.11. The van der Waals surface area contributed by atoms with E-state index in [1.54, 1.807) is 20.1 Å². The Morgan fingerprint density at radius 3 is 2.57 bits per heavy atom. The molecule has 5 heteroatoms. The molecule has 1 atom stereocenters. The molecule has 0 saturated heterocycles. The molecule has 0 amide bonds. The van der Waals surface area contributed by atoms with Crippen LogP contribution in [0.2, 0.25) is 0 Å². The lowest BCUT2D eigenvalue weighted by molar-refractivity contribution is 0.0659. The normalized spacial score (nSPS) is 12.1. The van der Waals surface area contributed by atoms with Crippen LogP contribution in [0.15, 0.2) is 34.7 Å². The van der Waals surface area contributed by atoms with Crippen LogP contribution in [0.1, 0.15) is 40.4 Å². The van der Waals surface area contributed by atoms with E-state index in [4.69, 9.17) is 14.3 Å². The molecule has 0 aliphatic carbocycles. The van der Waals surface area contributed by atoms with Gasteiger partial charge in [-0.05, 0) is 37.6 Å². The molecule has 0 spiro atoms. The minimum atomic E-state index is -1.04. The van der Waals surface area contributed by atoms with E-state index in [9.17, 15) is 4.79 Å². The molecule has 5 nitrogen and oxygen atoms in total. The summed E-state index contributed by atoms with van der Waals surface area (Å²) in [5, 5.41) is 12.3. The third-order valence-electron chi connectivity index (χ3n) is 3.36. The molecule has 0 aliphatic rings. The van der Waals surface area contributed by atoms with Crippen molar-refractivity contribution >= 4 is 5.97 Å². The van der Waals surface area contributed by atoms with Gasteiger partial charge in [0, 0.05) is 11.6 Å². The molecule has 0 saturated carbocycles. The van der Waals surface area contributed by atoms with Crippen LogP contribution in [-0.4, -0.2) is 18.2 Å². The number of rotatable bonds is 6. The van der Waals surface area contributed by atoms with Gasteiger partial charge in [0.2, 0.25) is 5.76 Å². The number of hydrogen-bond acceptors (Lipinski definition) is 4. The number of aromatic carboxylic acids is 1. The topological polar surface area (TPSA) is 71.7 Å². The lowest BCUT2D eigenvalue weighted by Crippen LogP contribution is -2.17. The molecule has 0 fully saturated rings. The molecule has 21 heavy (non-hydrogen) atoms. The van der Waals surface area contributed by atoms with E-state index in [0.717, 1.165) is 11.3 Å². The quantitative estimate of drug-likeness (QED) is 0.854. The largest absolute Gasteiger partial charge is 0.497 e. The number of ether oxygens (including phenoxy) is 1. The minimum Gasteiger partial charge on any atom is -0.497 e. The van der Waals surface area contributed by atoms with E-state index in [1.165, 1.54) is 0 Å². The molecule has 0 aliphatic heterocycles. The first kappa shape index (κ1) is 15.1. The Balaban J connectivity index is 1.98. The molecule has 0 bridgehead atoms. The van der Waals surface area contributed by atoms with Gasteiger partial charge in [-0.2, -0.15) is 0 Å². The Kier molecular flexibility index (Phi) is 4.65. The number of methoxy groups -OCH3 is 1. The average Bonchev–Trinajstić information content (AvgIpc) is 2.86. The van der Waals surface area contributed by atoms with Crippen LogP contribution >= 0.6 is 0 Å². The maximum Gasteiger partial charge on any atom is 0.372 e. The molecule has 2 aromatic rings. The van der Waals surface area contributed by atoms with Crippen molar-refractivity contribution in [2.24, 2.45) is 0 Å². The second-order valence-corrected chi connectivity index (χ2v) is 4.91. The Bertz CT molecular complexity index is 616. The Morgan fingerprint density at radius 2 is 2.05 bits per heavy atom. The van der Waals surface area contributed by atoms with Crippen molar-refractivity contribution in [3.8, 4) is 5.75 Å². The standard InChI is InChI=1S/C16H19NO4/c1-10-8-14(21-15(10)16(18)19)9-17-11(2)12-4-6-13(20-3)7-5-12/h4-8,11,17H,9H2,1-3H3,(H,18,19)/t11-/m1/s1. The van der Waals surface area contributed by atoms with E-state index in [1.807, 2.05) is 31.2 Å². The molecule has 0 unspecified atom stereocenters. The zero-order valence-corrected chi connectivity index (χ0v) is 12.3. The summed E-state index contributed by atoms with van der Waals surface area (Å²) in [6.45, 7) is 4.24. The van der Waals surface area contributed by atoms with Gasteiger partial charge < -0.3 is 19.6 Å². The third kappa shape index (κ3) is 3.64. The highest BCUT2D eigenvalue weighted by Gasteiger charge is 2.14. The summed E-state index contributed by atoms with van der Waals surface area (Å²) in [6.07, 6.45) is 0. The first-order chi connectivity index (χ1) is 10.0. The number of hydrogen-bond donors (Lipinski definition) is 2. The van der Waals surface area contributed by atoms with Crippen LogP contribution in [0.25, 0.3) is 0 Å². The molecule has 1 heterocycles. The summed E-state index contributed by atoms with van der Waals surface area (Å²) < 4.78 is 10.4. The number of benzene rings is 1. The van der Waals surface area contributed by atoms with Crippen LogP contribution in [0.5, 0.6) is 5.75 Å². The van der Waals surface area contributed by atoms with Crippen molar-refractivity contribution in [2.75, 3.05) is 7.11 Å². The predicted molar refractivity (Wildman–Crippen MR) is 78.7 cm³/mol. The minimum absolute atomic E-state index is 0.00361. The molecular weight excluding hydrogens is 270 g/mol. The summed E-state index contributed by atoms with van der Waals surface area (Å²) in [5.74, 6) is 0.398. The smallest absolute Gasteiger partial charge is 0.372 e. The number of carbonyl (C=O) groups is 1. The predicted octanol–water partition coefficient (Wildman–Crippen LogP) is 3.15. The highest BCUT2D eigenvalue weighted by atomic mass is 16.5. The van der Waals surface area contributed by atoms with E-state index in [0.29, 0.717) is 17.9 Å². The van der Waals surface area contributed by atoms with Gasteiger partial charge in [0.05, 0.1) is 13.7 Å². The molecule has 1 aromatic heterocycles. The van der Waals surface area contributed by atoms with Gasteiger partial charge in [0.15, 0.2) is 0 Å². The van der Waals surface area contributed by atoms with Crippen LogP contribution < -0.4 is 10.1 Å². The van der Waals surface area contributed by atoms with Gasteiger partial charge in [0.25, 0.3) is 0 Å². The Hall–Kier alpha value is -2.27. The second-order valence-electron chi connectivity index (χ2n) is 4.91. The number of carboxylic acids is 1. The summed E-state index contributed by atoms with van der Waals surface area (Å²) in [5.41, 5.74) is 1.76. The van der Waals surface area contributed by atoms with Gasteiger partial charge in [0.1, 0.15) is 11.5 Å². The molecule has 2 N–H and O–H groups in total.